The molecule has 3 rings (SSSR count). The Morgan fingerprint density at radius 1 is 1.48 bits per heavy atom. The van der Waals surface area contributed by atoms with E-state index in [2.05, 4.69) is 29.3 Å². The van der Waals surface area contributed by atoms with E-state index in [0.717, 1.165) is 28.7 Å². The van der Waals surface area contributed by atoms with Crippen LogP contribution in [0.15, 0.2) is 0 Å². The van der Waals surface area contributed by atoms with Crippen LogP contribution in [0.2, 0.25) is 0 Å². The predicted molar refractivity (Wildman–Crippen MR) is 84.2 cm³/mol. The molecule has 0 saturated heterocycles. The lowest BCUT2D eigenvalue weighted by Crippen LogP contribution is -2.47. The number of carboxylic acid groups (broad SMARTS) is 1. The van der Waals surface area contributed by atoms with E-state index < -0.39 is 11.9 Å². The third-order valence-corrected chi connectivity index (χ3v) is 6.16. The van der Waals surface area contributed by atoms with Crippen LogP contribution >= 0.6 is 11.3 Å². The zero-order valence-electron chi connectivity index (χ0n) is 12.7. The second-order valence-electron chi connectivity index (χ2n) is 6.44. The van der Waals surface area contributed by atoms with E-state index in [-0.39, 0.29) is 5.54 Å². The number of thiazole rings is 1. The van der Waals surface area contributed by atoms with Crippen LogP contribution in [-0.2, 0) is 11.2 Å². The van der Waals surface area contributed by atoms with Crippen molar-refractivity contribution in [2.24, 2.45) is 0 Å². The second-order valence-corrected chi connectivity index (χ2v) is 7.52. The monoisotopic (exact) mass is 309 g/mol. The van der Waals surface area contributed by atoms with Crippen molar-refractivity contribution in [3.63, 3.8) is 0 Å². The summed E-state index contributed by atoms with van der Waals surface area (Å²) < 4.78 is 0. The number of hydrogen-bond donors (Lipinski definition) is 2. The average Bonchev–Trinajstić information content (AvgIpc) is 3.11. The molecule has 1 fully saturated rings. The quantitative estimate of drug-likeness (QED) is 0.875. The fraction of sp³-hybridized carbons (Fsp3) is 0.733. The van der Waals surface area contributed by atoms with Crippen molar-refractivity contribution in [3.05, 3.63) is 10.6 Å². The first-order valence-electron chi connectivity index (χ1n) is 7.65. The van der Waals surface area contributed by atoms with E-state index in [1.54, 1.807) is 11.3 Å². The van der Waals surface area contributed by atoms with Crippen LogP contribution in [0.5, 0.6) is 0 Å². The molecule has 6 heteroatoms. The number of aliphatic carboxylic acids is 1. The first-order chi connectivity index (χ1) is 10.0. The van der Waals surface area contributed by atoms with Gasteiger partial charge in [0.1, 0.15) is 5.92 Å². The van der Waals surface area contributed by atoms with E-state index in [0.29, 0.717) is 6.42 Å². The van der Waals surface area contributed by atoms with Crippen molar-refractivity contribution in [3.8, 4) is 0 Å². The Hall–Kier alpha value is -1.14. The second kappa shape index (κ2) is 5.57. The summed E-state index contributed by atoms with van der Waals surface area (Å²) in [6, 6.07) is 0. The summed E-state index contributed by atoms with van der Waals surface area (Å²) in [6.45, 7) is 0.893. The lowest BCUT2D eigenvalue weighted by molar-refractivity contribution is -0.138. The van der Waals surface area contributed by atoms with Crippen molar-refractivity contribution in [2.45, 2.75) is 50.0 Å². The van der Waals surface area contributed by atoms with Crippen molar-refractivity contribution in [1.29, 1.82) is 0 Å². The van der Waals surface area contributed by atoms with E-state index in [4.69, 9.17) is 0 Å². The highest BCUT2D eigenvalue weighted by atomic mass is 32.1. The number of aryl methyl sites for hydroxylation is 1. The zero-order valence-corrected chi connectivity index (χ0v) is 13.5. The Bertz CT molecular complexity index is 535. The smallest absolute Gasteiger partial charge is 0.312 e. The fourth-order valence-corrected chi connectivity index (χ4v) is 4.63. The Balaban J connectivity index is 1.69. The molecule has 21 heavy (non-hydrogen) atoms. The normalized spacial score (nSPS) is 23.5. The van der Waals surface area contributed by atoms with Crippen LogP contribution in [0.25, 0.3) is 0 Å². The number of nitrogens with one attached hydrogen (secondary N) is 1. The number of likely N-dealkylation sites (N-methyl/N-ethyl adjacent to an activating group) is 1. The van der Waals surface area contributed by atoms with E-state index in [1.165, 1.54) is 25.7 Å². The fourth-order valence-electron chi connectivity index (χ4n) is 3.60. The van der Waals surface area contributed by atoms with Crippen molar-refractivity contribution in [1.82, 2.24) is 9.88 Å². The van der Waals surface area contributed by atoms with Crippen LogP contribution in [0.1, 0.15) is 48.6 Å². The number of hydrogen-bond acceptors (Lipinski definition) is 5. The minimum absolute atomic E-state index is 0.225. The number of anilines is 1. The van der Waals surface area contributed by atoms with Gasteiger partial charge in [0.25, 0.3) is 0 Å². The maximum absolute atomic E-state index is 11.2. The van der Waals surface area contributed by atoms with Gasteiger partial charge in [0.05, 0.1) is 5.69 Å². The first-order valence-corrected chi connectivity index (χ1v) is 8.47. The van der Waals surface area contributed by atoms with Gasteiger partial charge in [-0.25, -0.2) is 4.98 Å². The lowest BCUT2D eigenvalue weighted by Gasteiger charge is -2.36. The number of aromatic nitrogens is 1. The molecule has 1 heterocycles. The number of carboxylic acids is 1. The highest BCUT2D eigenvalue weighted by Gasteiger charge is 2.37. The molecule has 5 nitrogen and oxygen atoms in total. The van der Waals surface area contributed by atoms with Gasteiger partial charge in [-0.05, 0) is 39.8 Å². The molecule has 1 aromatic heterocycles. The minimum Gasteiger partial charge on any atom is -0.481 e. The summed E-state index contributed by atoms with van der Waals surface area (Å²) in [5.41, 5.74) is 1.02. The Morgan fingerprint density at radius 3 is 2.81 bits per heavy atom. The first kappa shape index (κ1) is 14.8. The molecule has 1 aromatic rings. The standard InChI is InChI=1S/C15H23N3O2S/c1-18(2)15(7-3-4-8-15)9-16-14-17-12-10(13(19)20)5-6-11(12)21-14/h10H,3-9H2,1-2H3,(H,16,17)(H,19,20). The summed E-state index contributed by atoms with van der Waals surface area (Å²) in [6.07, 6.45) is 6.56. The summed E-state index contributed by atoms with van der Waals surface area (Å²) >= 11 is 1.63. The summed E-state index contributed by atoms with van der Waals surface area (Å²) in [7, 11) is 4.30. The van der Waals surface area contributed by atoms with Gasteiger partial charge in [-0.2, -0.15) is 0 Å². The maximum atomic E-state index is 11.2. The van der Waals surface area contributed by atoms with Crippen LogP contribution in [0.3, 0.4) is 0 Å². The number of carbonyl (C=O) groups is 1. The summed E-state index contributed by atoms with van der Waals surface area (Å²) in [5.74, 6) is -1.15. The highest BCUT2D eigenvalue weighted by molar-refractivity contribution is 7.15. The molecule has 0 spiro atoms. The average molecular weight is 309 g/mol. The van der Waals surface area contributed by atoms with Crippen LogP contribution in [0, 0.1) is 0 Å². The minimum atomic E-state index is -0.744. The molecule has 1 unspecified atom stereocenters. The molecule has 1 saturated carbocycles. The van der Waals surface area contributed by atoms with Gasteiger partial charge in [-0.3, -0.25) is 4.79 Å². The van der Waals surface area contributed by atoms with Gasteiger partial charge in [-0.1, -0.05) is 12.8 Å². The molecule has 1 atom stereocenters. The Kier molecular flexibility index (Phi) is 3.92. The molecule has 2 aliphatic rings. The Labute approximate surface area is 129 Å². The summed E-state index contributed by atoms with van der Waals surface area (Å²) in [5, 5.41) is 13.6. The summed E-state index contributed by atoms with van der Waals surface area (Å²) in [4.78, 5) is 19.2. The van der Waals surface area contributed by atoms with Gasteiger partial charge < -0.3 is 15.3 Å². The van der Waals surface area contributed by atoms with Crippen LogP contribution < -0.4 is 5.32 Å². The van der Waals surface area contributed by atoms with Gasteiger partial charge in [0, 0.05) is 17.0 Å². The van der Waals surface area contributed by atoms with Gasteiger partial charge in [0.15, 0.2) is 5.13 Å². The molecular weight excluding hydrogens is 286 g/mol. The van der Waals surface area contributed by atoms with Crippen molar-refractivity contribution >= 4 is 22.4 Å². The van der Waals surface area contributed by atoms with Crippen LogP contribution in [0.4, 0.5) is 5.13 Å². The molecule has 0 bridgehead atoms. The molecule has 0 aliphatic heterocycles. The molecule has 0 amide bonds. The molecule has 2 N–H and O–H groups in total. The van der Waals surface area contributed by atoms with Crippen LogP contribution in [-0.4, -0.2) is 47.1 Å². The molecular formula is C15H23N3O2S. The molecule has 2 aliphatic carbocycles. The van der Waals surface area contributed by atoms with E-state index >= 15 is 0 Å². The largest absolute Gasteiger partial charge is 0.481 e. The maximum Gasteiger partial charge on any atom is 0.312 e. The SMILES string of the molecule is CN(C)C1(CNc2nc3c(s2)CCC3C(=O)O)CCCC1. The van der Waals surface area contributed by atoms with Crippen molar-refractivity contribution < 1.29 is 9.90 Å². The molecule has 116 valence electrons. The number of fused-ring (bicyclic) bond motifs is 1. The zero-order chi connectivity index (χ0) is 15.0. The van der Waals surface area contributed by atoms with Gasteiger partial charge in [0.2, 0.25) is 0 Å². The topological polar surface area (TPSA) is 65.5 Å². The molecule has 0 aromatic carbocycles. The number of rotatable bonds is 5. The third-order valence-electron chi connectivity index (χ3n) is 5.07. The van der Waals surface area contributed by atoms with Crippen molar-refractivity contribution in [2.75, 3.05) is 26.0 Å². The Morgan fingerprint density at radius 2 is 2.19 bits per heavy atom. The van der Waals surface area contributed by atoms with E-state index in [9.17, 15) is 9.90 Å². The van der Waals surface area contributed by atoms with E-state index in [1.807, 2.05) is 0 Å². The van der Waals surface area contributed by atoms with Gasteiger partial charge >= 0.3 is 5.97 Å². The predicted octanol–water partition coefficient (Wildman–Crippen LogP) is 2.54. The van der Waals surface area contributed by atoms with Gasteiger partial charge in [-0.15, -0.1) is 11.3 Å². The third kappa shape index (κ3) is 2.66. The highest BCUT2D eigenvalue weighted by Crippen LogP contribution is 2.39. The molecule has 0 radical (unpaired) electrons. The number of nitrogens with zero attached hydrogens (tertiary/aromatic N) is 2. The lowest BCUT2D eigenvalue weighted by atomic mass is 9.96.